The molecule has 3 aromatic carbocycles. The fourth-order valence-electron chi connectivity index (χ4n) is 3.88. The standard InChI is InChI=1S/C27H22FN5O/c1-33-27(19-8-11-21(28)12-9-19)20(17-29-33)10-15-26(34)30-22-13-6-18(7-14-22)16-25-31-23-4-2-3-5-24(23)32-25/h2-15,17H,16H2,1H3,(H,30,34)(H,31,32). The van der Waals surface area contributed by atoms with Gasteiger partial charge in [0.1, 0.15) is 11.6 Å². The van der Waals surface area contributed by atoms with Gasteiger partial charge in [-0.2, -0.15) is 5.10 Å². The van der Waals surface area contributed by atoms with Crippen LogP contribution in [-0.2, 0) is 18.3 Å². The van der Waals surface area contributed by atoms with Crippen molar-refractivity contribution < 1.29 is 9.18 Å². The zero-order valence-corrected chi connectivity index (χ0v) is 18.5. The van der Waals surface area contributed by atoms with E-state index >= 15 is 0 Å². The summed E-state index contributed by atoms with van der Waals surface area (Å²) in [5.41, 5.74) is 6.15. The molecule has 0 saturated heterocycles. The molecule has 7 heteroatoms. The molecule has 5 aromatic rings. The number of amides is 1. The van der Waals surface area contributed by atoms with Crippen LogP contribution in [0, 0.1) is 5.82 Å². The summed E-state index contributed by atoms with van der Waals surface area (Å²) in [6.07, 6.45) is 5.52. The fourth-order valence-corrected chi connectivity index (χ4v) is 3.88. The fraction of sp³-hybridized carbons (Fsp3) is 0.0741. The molecule has 34 heavy (non-hydrogen) atoms. The second-order valence-electron chi connectivity index (χ2n) is 7.98. The van der Waals surface area contributed by atoms with Gasteiger partial charge in [-0.3, -0.25) is 9.48 Å². The van der Waals surface area contributed by atoms with Crippen molar-refractivity contribution in [3.63, 3.8) is 0 Å². The van der Waals surface area contributed by atoms with Gasteiger partial charge in [-0.1, -0.05) is 24.3 Å². The van der Waals surface area contributed by atoms with Crippen LogP contribution in [0.1, 0.15) is 17.0 Å². The predicted octanol–water partition coefficient (Wildman–Crippen LogP) is 5.35. The highest BCUT2D eigenvalue weighted by molar-refractivity contribution is 6.02. The van der Waals surface area contributed by atoms with Gasteiger partial charge < -0.3 is 10.3 Å². The summed E-state index contributed by atoms with van der Waals surface area (Å²) in [7, 11) is 1.81. The van der Waals surface area contributed by atoms with Gasteiger partial charge in [-0.05, 0) is 60.2 Å². The van der Waals surface area contributed by atoms with E-state index in [2.05, 4.69) is 20.4 Å². The van der Waals surface area contributed by atoms with Gasteiger partial charge in [0.2, 0.25) is 5.91 Å². The molecule has 0 bridgehead atoms. The molecule has 6 nitrogen and oxygen atoms in total. The van der Waals surface area contributed by atoms with Gasteiger partial charge in [0.25, 0.3) is 0 Å². The smallest absolute Gasteiger partial charge is 0.248 e. The Morgan fingerprint density at radius 2 is 1.82 bits per heavy atom. The lowest BCUT2D eigenvalue weighted by atomic mass is 10.1. The lowest BCUT2D eigenvalue weighted by Crippen LogP contribution is -2.07. The van der Waals surface area contributed by atoms with E-state index in [9.17, 15) is 9.18 Å². The summed E-state index contributed by atoms with van der Waals surface area (Å²) < 4.78 is 15.0. The molecular formula is C27H22FN5O. The van der Waals surface area contributed by atoms with Crippen LogP contribution < -0.4 is 5.32 Å². The first-order valence-electron chi connectivity index (χ1n) is 10.8. The van der Waals surface area contributed by atoms with Crippen LogP contribution in [0.2, 0.25) is 0 Å². The minimum absolute atomic E-state index is 0.251. The molecule has 0 aliphatic heterocycles. The molecule has 0 spiro atoms. The third-order valence-corrected chi connectivity index (χ3v) is 5.53. The van der Waals surface area contributed by atoms with E-state index in [0.29, 0.717) is 12.1 Å². The Morgan fingerprint density at radius 3 is 2.59 bits per heavy atom. The number of benzene rings is 3. The SMILES string of the molecule is Cn1ncc(C=CC(=O)Nc2ccc(Cc3nc4ccccc4[nH]3)cc2)c1-c1ccc(F)cc1. The number of H-pyrrole nitrogens is 1. The highest BCUT2D eigenvalue weighted by Gasteiger charge is 2.10. The zero-order chi connectivity index (χ0) is 23.5. The summed E-state index contributed by atoms with van der Waals surface area (Å²) >= 11 is 0. The van der Waals surface area contributed by atoms with Gasteiger partial charge in [-0.15, -0.1) is 0 Å². The first kappa shape index (κ1) is 21.3. The maximum atomic E-state index is 13.3. The van der Waals surface area contributed by atoms with Crippen LogP contribution in [0.15, 0.2) is 85.1 Å². The quantitative estimate of drug-likeness (QED) is 0.342. The lowest BCUT2D eigenvalue weighted by Gasteiger charge is -2.05. The molecule has 0 aliphatic rings. The van der Waals surface area contributed by atoms with E-state index in [1.165, 1.54) is 18.2 Å². The summed E-state index contributed by atoms with van der Waals surface area (Å²) in [5, 5.41) is 7.14. The van der Waals surface area contributed by atoms with Crippen LogP contribution in [-0.4, -0.2) is 25.7 Å². The van der Waals surface area contributed by atoms with Gasteiger partial charge in [-0.25, -0.2) is 9.37 Å². The Balaban J connectivity index is 1.24. The predicted molar refractivity (Wildman–Crippen MR) is 132 cm³/mol. The molecule has 1 amide bonds. The van der Waals surface area contributed by atoms with Crippen molar-refractivity contribution in [2.45, 2.75) is 6.42 Å². The zero-order valence-electron chi connectivity index (χ0n) is 18.5. The van der Waals surface area contributed by atoms with Crippen LogP contribution in [0.25, 0.3) is 28.4 Å². The van der Waals surface area contributed by atoms with Crippen molar-refractivity contribution in [3.05, 3.63) is 108 Å². The summed E-state index contributed by atoms with van der Waals surface area (Å²) in [6, 6.07) is 21.8. The van der Waals surface area contributed by atoms with Crippen molar-refractivity contribution in [1.29, 1.82) is 0 Å². The molecule has 0 aliphatic carbocycles. The third kappa shape index (κ3) is 4.63. The van der Waals surface area contributed by atoms with Crippen molar-refractivity contribution in [2.75, 3.05) is 5.32 Å². The highest BCUT2D eigenvalue weighted by atomic mass is 19.1. The molecule has 168 valence electrons. The van der Waals surface area contributed by atoms with Gasteiger partial charge in [0.05, 0.1) is 22.9 Å². The first-order chi connectivity index (χ1) is 16.5. The number of carbonyl (C=O) groups excluding carboxylic acids is 1. The number of anilines is 1. The summed E-state index contributed by atoms with van der Waals surface area (Å²) in [5.74, 6) is 0.347. The van der Waals surface area contributed by atoms with Crippen LogP contribution >= 0.6 is 0 Å². The van der Waals surface area contributed by atoms with Crippen LogP contribution in [0.3, 0.4) is 0 Å². The topological polar surface area (TPSA) is 75.6 Å². The first-order valence-corrected chi connectivity index (χ1v) is 10.8. The number of rotatable bonds is 6. The average molecular weight is 452 g/mol. The third-order valence-electron chi connectivity index (χ3n) is 5.53. The Bertz CT molecular complexity index is 1450. The van der Waals surface area contributed by atoms with E-state index in [0.717, 1.165) is 39.2 Å². The number of halogens is 1. The minimum atomic E-state index is -0.300. The number of nitrogens with zero attached hydrogens (tertiary/aromatic N) is 3. The molecule has 0 fully saturated rings. The maximum Gasteiger partial charge on any atom is 0.248 e. The van der Waals surface area contributed by atoms with E-state index in [-0.39, 0.29) is 11.7 Å². The average Bonchev–Trinajstić information content (AvgIpc) is 3.42. The molecule has 0 saturated carbocycles. The number of aryl methyl sites for hydroxylation is 1. The summed E-state index contributed by atoms with van der Waals surface area (Å²) in [6.45, 7) is 0. The molecule has 2 aromatic heterocycles. The van der Waals surface area contributed by atoms with Crippen molar-refractivity contribution >= 4 is 28.7 Å². The number of para-hydroxylation sites is 2. The molecule has 5 rings (SSSR count). The molecular weight excluding hydrogens is 429 g/mol. The number of aromatic amines is 1. The Hall–Kier alpha value is -4.52. The molecule has 0 radical (unpaired) electrons. The normalized spacial score (nSPS) is 11.4. The van der Waals surface area contributed by atoms with Crippen molar-refractivity contribution in [1.82, 2.24) is 19.7 Å². The maximum absolute atomic E-state index is 13.3. The van der Waals surface area contributed by atoms with Crippen molar-refractivity contribution in [3.8, 4) is 11.3 Å². The molecule has 2 N–H and O–H groups in total. The largest absolute Gasteiger partial charge is 0.342 e. The van der Waals surface area contributed by atoms with Gasteiger partial charge >= 0.3 is 0 Å². The number of carbonyl (C=O) groups is 1. The number of hydrogen-bond acceptors (Lipinski definition) is 3. The van der Waals surface area contributed by atoms with Crippen LogP contribution in [0.5, 0.6) is 0 Å². The highest BCUT2D eigenvalue weighted by Crippen LogP contribution is 2.24. The van der Waals surface area contributed by atoms with E-state index < -0.39 is 0 Å². The monoisotopic (exact) mass is 451 g/mol. The minimum Gasteiger partial charge on any atom is -0.342 e. The van der Waals surface area contributed by atoms with Gasteiger partial charge in [0.15, 0.2) is 0 Å². The van der Waals surface area contributed by atoms with E-state index in [4.69, 9.17) is 0 Å². The Labute approximate surface area is 195 Å². The lowest BCUT2D eigenvalue weighted by molar-refractivity contribution is -0.111. The molecule has 2 heterocycles. The van der Waals surface area contributed by atoms with Gasteiger partial charge in [0, 0.05) is 36.4 Å². The van der Waals surface area contributed by atoms with Crippen molar-refractivity contribution in [2.24, 2.45) is 7.05 Å². The van der Waals surface area contributed by atoms with E-state index in [1.54, 1.807) is 29.1 Å². The molecule has 0 unspecified atom stereocenters. The number of imidazole rings is 1. The Morgan fingerprint density at radius 1 is 1.06 bits per heavy atom. The van der Waals surface area contributed by atoms with Crippen LogP contribution in [0.4, 0.5) is 10.1 Å². The van der Waals surface area contributed by atoms with E-state index in [1.807, 2.05) is 55.6 Å². The number of nitrogens with one attached hydrogen (secondary N) is 2. The number of hydrogen-bond donors (Lipinski definition) is 2. The Kier molecular flexibility index (Phi) is 5.74. The summed E-state index contributed by atoms with van der Waals surface area (Å²) in [4.78, 5) is 20.4. The number of aromatic nitrogens is 4. The second kappa shape index (κ2) is 9.15. The molecule has 0 atom stereocenters. The number of fused-ring (bicyclic) bond motifs is 1. The second-order valence-corrected chi connectivity index (χ2v) is 7.98.